The number of oxime groups is 1. The van der Waals surface area contributed by atoms with Gasteiger partial charge in [-0.3, -0.25) is 4.79 Å². The number of hydrogen-bond acceptors (Lipinski definition) is 4. The van der Waals surface area contributed by atoms with Gasteiger partial charge in [-0.1, -0.05) is 32.9 Å². The second-order valence-corrected chi connectivity index (χ2v) is 5.00. The molecule has 0 unspecified atom stereocenters. The van der Waals surface area contributed by atoms with E-state index in [0.717, 1.165) is 0 Å². The Morgan fingerprint density at radius 1 is 1.42 bits per heavy atom. The third-order valence-corrected chi connectivity index (χ3v) is 3.22. The minimum Gasteiger partial charge on any atom is -0.409 e. The molecule has 0 radical (unpaired) electrons. The van der Waals surface area contributed by atoms with E-state index in [2.05, 4.69) is 24.3 Å². The number of nitrogens with two attached hydrogens (primary N) is 1. The zero-order valence-corrected chi connectivity index (χ0v) is 12.4. The van der Waals surface area contributed by atoms with Crippen molar-refractivity contribution in [1.82, 2.24) is 5.32 Å². The standard InChI is InChI=1S/C13H27N3O3/c1-5-13(6-2,11(14)16-18)12(17)15-7-8-19-9-10(3)4/h10,18H,5-9H2,1-4H3,(H2,14,16)(H,15,17). The molecule has 6 heteroatoms. The minimum atomic E-state index is -0.938. The van der Waals surface area contributed by atoms with Gasteiger partial charge < -0.3 is 21.0 Å². The highest BCUT2D eigenvalue weighted by molar-refractivity contribution is 6.06. The molecule has 0 aliphatic rings. The highest BCUT2D eigenvalue weighted by Crippen LogP contribution is 2.26. The van der Waals surface area contributed by atoms with Gasteiger partial charge in [-0.05, 0) is 18.8 Å². The lowest BCUT2D eigenvalue weighted by atomic mass is 9.80. The van der Waals surface area contributed by atoms with Crippen LogP contribution >= 0.6 is 0 Å². The fraction of sp³-hybridized carbons (Fsp3) is 0.846. The fourth-order valence-electron chi connectivity index (χ4n) is 1.87. The Morgan fingerprint density at radius 2 is 2.00 bits per heavy atom. The molecule has 0 spiro atoms. The number of rotatable bonds is 9. The Bertz CT molecular complexity index is 300. The van der Waals surface area contributed by atoms with Crippen LogP contribution in [0.1, 0.15) is 40.5 Å². The van der Waals surface area contributed by atoms with Gasteiger partial charge in [0.2, 0.25) is 5.91 Å². The molecule has 1 amide bonds. The summed E-state index contributed by atoms with van der Waals surface area (Å²) in [6, 6.07) is 0. The number of carbonyl (C=O) groups is 1. The predicted octanol–water partition coefficient (Wildman–Crippen LogP) is 1.33. The second kappa shape index (κ2) is 8.74. The van der Waals surface area contributed by atoms with Crippen LogP contribution in [0.2, 0.25) is 0 Å². The molecule has 19 heavy (non-hydrogen) atoms. The van der Waals surface area contributed by atoms with Crippen LogP contribution < -0.4 is 11.1 Å². The molecule has 0 aliphatic carbocycles. The van der Waals surface area contributed by atoms with E-state index < -0.39 is 5.41 Å². The molecule has 0 rings (SSSR count). The van der Waals surface area contributed by atoms with Crippen molar-refractivity contribution >= 4 is 11.7 Å². The molecule has 112 valence electrons. The summed E-state index contributed by atoms with van der Waals surface area (Å²) < 4.78 is 5.39. The average Bonchev–Trinajstić information content (AvgIpc) is 2.39. The molecular weight excluding hydrogens is 246 g/mol. The fourth-order valence-corrected chi connectivity index (χ4v) is 1.87. The first-order valence-corrected chi connectivity index (χ1v) is 6.78. The topological polar surface area (TPSA) is 96.9 Å². The van der Waals surface area contributed by atoms with Gasteiger partial charge in [0.15, 0.2) is 5.84 Å². The third-order valence-electron chi connectivity index (χ3n) is 3.22. The molecule has 0 fully saturated rings. The van der Waals surface area contributed by atoms with Crippen molar-refractivity contribution in [1.29, 1.82) is 0 Å². The maximum absolute atomic E-state index is 12.2. The van der Waals surface area contributed by atoms with E-state index >= 15 is 0 Å². The van der Waals surface area contributed by atoms with Crippen LogP contribution in [0.25, 0.3) is 0 Å². The van der Waals surface area contributed by atoms with Gasteiger partial charge >= 0.3 is 0 Å². The summed E-state index contributed by atoms with van der Waals surface area (Å²) in [7, 11) is 0. The van der Waals surface area contributed by atoms with E-state index in [1.807, 2.05) is 13.8 Å². The van der Waals surface area contributed by atoms with E-state index in [0.29, 0.717) is 38.5 Å². The van der Waals surface area contributed by atoms with Gasteiger partial charge in [-0.2, -0.15) is 0 Å². The van der Waals surface area contributed by atoms with Crippen molar-refractivity contribution in [2.24, 2.45) is 22.2 Å². The van der Waals surface area contributed by atoms with Crippen molar-refractivity contribution < 1.29 is 14.7 Å². The summed E-state index contributed by atoms with van der Waals surface area (Å²) in [6.07, 6.45) is 0.968. The number of ether oxygens (including phenoxy) is 1. The zero-order valence-electron chi connectivity index (χ0n) is 12.4. The van der Waals surface area contributed by atoms with E-state index in [4.69, 9.17) is 15.7 Å². The number of amidine groups is 1. The van der Waals surface area contributed by atoms with Gasteiger partial charge in [0.1, 0.15) is 5.41 Å². The third kappa shape index (κ3) is 5.06. The number of amides is 1. The Hall–Kier alpha value is -1.30. The summed E-state index contributed by atoms with van der Waals surface area (Å²) in [5.74, 6) is 0.206. The van der Waals surface area contributed by atoms with Crippen molar-refractivity contribution in [2.75, 3.05) is 19.8 Å². The number of nitrogens with zero attached hydrogens (tertiary/aromatic N) is 1. The molecule has 0 saturated heterocycles. The van der Waals surface area contributed by atoms with E-state index in [-0.39, 0.29) is 11.7 Å². The monoisotopic (exact) mass is 273 g/mol. The maximum atomic E-state index is 12.2. The quantitative estimate of drug-likeness (QED) is 0.194. The Morgan fingerprint density at radius 3 is 2.42 bits per heavy atom. The predicted molar refractivity (Wildman–Crippen MR) is 75.1 cm³/mol. The first-order valence-electron chi connectivity index (χ1n) is 6.78. The molecular formula is C13H27N3O3. The Labute approximate surface area is 115 Å². The largest absolute Gasteiger partial charge is 0.409 e. The molecule has 0 saturated carbocycles. The Balaban J connectivity index is 4.36. The molecule has 0 aromatic rings. The molecule has 0 atom stereocenters. The lowest BCUT2D eigenvalue weighted by Crippen LogP contribution is -2.49. The van der Waals surface area contributed by atoms with E-state index in [1.54, 1.807) is 0 Å². The molecule has 0 aromatic heterocycles. The van der Waals surface area contributed by atoms with Crippen LogP contribution in [0.3, 0.4) is 0 Å². The van der Waals surface area contributed by atoms with Gasteiger partial charge in [0.05, 0.1) is 6.61 Å². The molecule has 6 nitrogen and oxygen atoms in total. The van der Waals surface area contributed by atoms with Crippen molar-refractivity contribution in [3.05, 3.63) is 0 Å². The summed E-state index contributed by atoms with van der Waals surface area (Å²) in [6.45, 7) is 9.37. The van der Waals surface area contributed by atoms with Crippen LogP contribution in [-0.2, 0) is 9.53 Å². The van der Waals surface area contributed by atoms with Crippen LogP contribution in [0.15, 0.2) is 5.16 Å². The average molecular weight is 273 g/mol. The summed E-state index contributed by atoms with van der Waals surface area (Å²) in [4.78, 5) is 12.2. The van der Waals surface area contributed by atoms with Crippen molar-refractivity contribution in [3.8, 4) is 0 Å². The van der Waals surface area contributed by atoms with Crippen molar-refractivity contribution in [3.63, 3.8) is 0 Å². The van der Waals surface area contributed by atoms with Gasteiger partial charge in [0.25, 0.3) is 0 Å². The van der Waals surface area contributed by atoms with E-state index in [9.17, 15) is 4.79 Å². The summed E-state index contributed by atoms with van der Waals surface area (Å²) in [5.41, 5.74) is 4.71. The highest BCUT2D eigenvalue weighted by Gasteiger charge is 2.39. The van der Waals surface area contributed by atoms with Crippen LogP contribution in [0, 0.1) is 11.3 Å². The van der Waals surface area contributed by atoms with Crippen molar-refractivity contribution in [2.45, 2.75) is 40.5 Å². The van der Waals surface area contributed by atoms with Crippen LogP contribution in [-0.4, -0.2) is 36.7 Å². The Kier molecular flexibility index (Phi) is 8.14. The first kappa shape index (κ1) is 17.7. The highest BCUT2D eigenvalue weighted by atomic mass is 16.5. The second-order valence-electron chi connectivity index (χ2n) is 5.00. The zero-order chi connectivity index (χ0) is 14.9. The van der Waals surface area contributed by atoms with Crippen LogP contribution in [0.4, 0.5) is 0 Å². The van der Waals surface area contributed by atoms with Gasteiger partial charge in [-0.25, -0.2) is 0 Å². The van der Waals surface area contributed by atoms with Crippen LogP contribution in [0.5, 0.6) is 0 Å². The first-order chi connectivity index (χ1) is 8.94. The number of carbonyl (C=O) groups excluding carboxylic acids is 1. The number of hydrogen-bond donors (Lipinski definition) is 3. The molecule has 4 N–H and O–H groups in total. The smallest absolute Gasteiger partial charge is 0.234 e. The summed E-state index contributed by atoms with van der Waals surface area (Å²) >= 11 is 0. The molecule has 0 bridgehead atoms. The normalized spacial score (nSPS) is 12.8. The number of nitrogens with one attached hydrogen (secondary N) is 1. The van der Waals surface area contributed by atoms with Gasteiger partial charge in [0, 0.05) is 13.2 Å². The minimum absolute atomic E-state index is 0.0434. The van der Waals surface area contributed by atoms with E-state index in [1.165, 1.54) is 0 Å². The van der Waals surface area contributed by atoms with Gasteiger partial charge in [-0.15, -0.1) is 0 Å². The SMILES string of the molecule is CCC(CC)(C(=O)NCCOCC(C)C)C(N)=NO. The lowest BCUT2D eigenvalue weighted by molar-refractivity contribution is -0.128. The summed E-state index contributed by atoms with van der Waals surface area (Å²) in [5, 5.41) is 14.6. The molecule has 0 aromatic carbocycles. The molecule has 0 aliphatic heterocycles. The lowest BCUT2D eigenvalue weighted by Gasteiger charge is -2.28. The molecule has 0 heterocycles. The maximum Gasteiger partial charge on any atom is 0.234 e.